The number of hydrogen-bond acceptors (Lipinski definition) is 4. The maximum Gasteiger partial charge on any atom is 0.164 e. The van der Waals surface area contributed by atoms with Crippen molar-refractivity contribution in [1.29, 1.82) is 0 Å². The molecule has 0 aliphatic heterocycles. The summed E-state index contributed by atoms with van der Waals surface area (Å²) in [5.74, 6) is -1.36. The number of allylic oxidation sites excluding steroid dienone is 6. The topological polar surface area (TPSA) is 80.9 Å². The highest BCUT2D eigenvalue weighted by molar-refractivity contribution is 5.36. The van der Waals surface area contributed by atoms with Crippen LogP contribution in [-0.2, 0) is 0 Å². The van der Waals surface area contributed by atoms with Crippen LogP contribution in [0.15, 0.2) is 73.5 Å². The van der Waals surface area contributed by atoms with Crippen LogP contribution >= 0.6 is 0 Å². The van der Waals surface area contributed by atoms with Gasteiger partial charge in [-0.05, 0) is 18.2 Å². The Labute approximate surface area is 107 Å². The first-order valence-corrected chi connectivity index (χ1v) is 5.18. The molecule has 0 saturated heterocycles. The summed E-state index contributed by atoms with van der Waals surface area (Å²) in [6, 6.07) is 0. The van der Waals surface area contributed by atoms with E-state index >= 15 is 0 Å². The van der Waals surface area contributed by atoms with Gasteiger partial charge in [0.25, 0.3) is 0 Å². The van der Waals surface area contributed by atoms with E-state index in [2.05, 4.69) is 19.7 Å². The molecule has 0 spiro atoms. The predicted octanol–water partition coefficient (Wildman–Crippen LogP) is 2.85. The fourth-order valence-electron chi connectivity index (χ4n) is 1.40. The van der Waals surface area contributed by atoms with Gasteiger partial charge in [-0.2, -0.15) is 0 Å². The van der Waals surface area contributed by atoms with Gasteiger partial charge in [-0.25, -0.2) is 0 Å². The van der Waals surface area contributed by atoms with Gasteiger partial charge in [0, 0.05) is 0 Å². The zero-order valence-electron chi connectivity index (χ0n) is 10.1. The summed E-state index contributed by atoms with van der Waals surface area (Å²) >= 11 is 0. The SMILES string of the molecule is C=CC=C(O)C(CO)(C(O)=CC=C)C(O)=CC=C. The van der Waals surface area contributed by atoms with Crippen LogP contribution in [0.4, 0.5) is 0 Å². The van der Waals surface area contributed by atoms with Crippen LogP contribution in [0.2, 0.25) is 0 Å². The fourth-order valence-corrected chi connectivity index (χ4v) is 1.40. The second kappa shape index (κ2) is 7.19. The van der Waals surface area contributed by atoms with Gasteiger partial charge in [0.1, 0.15) is 17.3 Å². The Balaban J connectivity index is 6.09. The van der Waals surface area contributed by atoms with Crippen molar-refractivity contribution in [3.63, 3.8) is 0 Å². The standard InChI is InChI=1S/C14H18O4/c1-4-7-11(16)14(10-15,12(17)8-5-2)13(18)9-6-3/h4-9,15-18H,1-3,10H2. The second-order valence-electron chi connectivity index (χ2n) is 3.43. The van der Waals surface area contributed by atoms with Gasteiger partial charge >= 0.3 is 0 Å². The Morgan fingerprint density at radius 3 is 1.22 bits per heavy atom. The molecule has 98 valence electrons. The normalized spacial score (nSPS) is 16.8. The highest BCUT2D eigenvalue weighted by atomic mass is 16.3. The number of rotatable bonds is 7. The van der Waals surface area contributed by atoms with E-state index in [1.54, 1.807) is 0 Å². The zero-order chi connectivity index (χ0) is 14.2. The van der Waals surface area contributed by atoms with Crippen LogP contribution in [-0.4, -0.2) is 27.0 Å². The average Bonchev–Trinajstić information content (AvgIpc) is 2.31. The van der Waals surface area contributed by atoms with E-state index in [4.69, 9.17) is 0 Å². The summed E-state index contributed by atoms with van der Waals surface area (Å²) in [6.45, 7) is 9.46. The van der Waals surface area contributed by atoms with Gasteiger partial charge in [-0.1, -0.05) is 38.0 Å². The van der Waals surface area contributed by atoms with Crippen molar-refractivity contribution in [3.05, 3.63) is 73.5 Å². The third kappa shape index (κ3) is 2.93. The molecule has 0 rings (SSSR count). The van der Waals surface area contributed by atoms with Gasteiger partial charge in [0.15, 0.2) is 5.41 Å². The summed E-state index contributed by atoms with van der Waals surface area (Å²) in [5, 5.41) is 39.2. The molecule has 0 heterocycles. The third-order valence-electron chi connectivity index (χ3n) is 2.38. The van der Waals surface area contributed by atoms with Gasteiger partial charge in [-0.3, -0.25) is 0 Å². The van der Waals surface area contributed by atoms with Crippen molar-refractivity contribution < 1.29 is 20.4 Å². The molecule has 0 aliphatic carbocycles. The molecule has 4 nitrogen and oxygen atoms in total. The molecule has 0 bridgehead atoms. The van der Waals surface area contributed by atoms with Crippen molar-refractivity contribution in [2.24, 2.45) is 5.41 Å². The summed E-state index contributed by atoms with van der Waals surface area (Å²) in [4.78, 5) is 0. The fraction of sp³-hybridized carbons (Fsp3) is 0.143. The predicted molar refractivity (Wildman–Crippen MR) is 72.2 cm³/mol. The quantitative estimate of drug-likeness (QED) is 0.413. The summed E-state index contributed by atoms with van der Waals surface area (Å²) < 4.78 is 0. The van der Waals surface area contributed by atoms with Crippen LogP contribution in [0, 0.1) is 5.41 Å². The smallest absolute Gasteiger partial charge is 0.164 e. The molecule has 0 aromatic carbocycles. The van der Waals surface area contributed by atoms with Crippen molar-refractivity contribution in [1.82, 2.24) is 0 Å². The number of aliphatic hydroxyl groups is 4. The van der Waals surface area contributed by atoms with Crippen molar-refractivity contribution >= 4 is 0 Å². The molecule has 0 amide bonds. The van der Waals surface area contributed by atoms with Gasteiger partial charge in [-0.15, -0.1) is 0 Å². The first kappa shape index (κ1) is 15.8. The minimum absolute atomic E-state index is 0.453. The van der Waals surface area contributed by atoms with E-state index in [1.165, 1.54) is 18.2 Å². The lowest BCUT2D eigenvalue weighted by Gasteiger charge is -2.29. The van der Waals surface area contributed by atoms with Crippen LogP contribution in [0.1, 0.15) is 0 Å². The molecule has 0 radical (unpaired) electrons. The Bertz CT molecular complexity index is 354. The van der Waals surface area contributed by atoms with Crippen molar-refractivity contribution in [2.75, 3.05) is 6.61 Å². The Kier molecular flexibility index (Phi) is 6.31. The molecule has 0 fully saturated rings. The van der Waals surface area contributed by atoms with Crippen molar-refractivity contribution in [2.45, 2.75) is 0 Å². The third-order valence-corrected chi connectivity index (χ3v) is 2.38. The molecule has 0 unspecified atom stereocenters. The van der Waals surface area contributed by atoms with Crippen molar-refractivity contribution in [3.8, 4) is 0 Å². The monoisotopic (exact) mass is 250 g/mol. The molecule has 0 aromatic rings. The summed E-state index contributed by atoms with van der Waals surface area (Å²) in [6.07, 6.45) is 7.29. The van der Waals surface area contributed by atoms with Crippen LogP contribution in [0.25, 0.3) is 0 Å². The largest absolute Gasteiger partial charge is 0.511 e. The van der Waals surface area contributed by atoms with Crippen LogP contribution in [0.5, 0.6) is 0 Å². The lowest BCUT2D eigenvalue weighted by molar-refractivity contribution is 0.0906. The molecular formula is C14H18O4. The van der Waals surface area contributed by atoms with E-state index < -0.39 is 29.3 Å². The molecule has 18 heavy (non-hydrogen) atoms. The van der Waals surface area contributed by atoms with E-state index in [1.807, 2.05) is 0 Å². The Morgan fingerprint density at radius 2 is 1.06 bits per heavy atom. The molecule has 0 aromatic heterocycles. The second-order valence-corrected chi connectivity index (χ2v) is 3.43. The first-order valence-electron chi connectivity index (χ1n) is 5.18. The molecule has 0 saturated carbocycles. The Hall–Kier alpha value is -2.20. The highest BCUT2D eigenvalue weighted by Crippen LogP contribution is 2.39. The molecule has 4 heteroatoms. The maximum absolute atomic E-state index is 9.91. The average molecular weight is 250 g/mol. The van der Waals surface area contributed by atoms with E-state index in [0.717, 1.165) is 18.2 Å². The summed E-state index contributed by atoms with van der Waals surface area (Å²) in [7, 11) is 0. The van der Waals surface area contributed by atoms with Crippen LogP contribution in [0.3, 0.4) is 0 Å². The molecule has 4 N–H and O–H groups in total. The maximum atomic E-state index is 9.91. The van der Waals surface area contributed by atoms with E-state index in [0.29, 0.717) is 0 Å². The zero-order valence-corrected chi connectivity index (χ0v) is 10.1. The molecular weight excluding hydrogens is 232 g/mol. The minimum atomic E-state index is -1.84. The van der Waals surface area contributed by atoms with Gasteiger partial charge in [0.2, 0.25) is 0 Å². The number of hydrogen-bond donors (Lipinski definition) is 4. The first-order chi connectivity index (χ1) is 8.50. The van der Waals surface area contributed by atoms with E-state index in [-0.39, 0.29) is 0 Å². The minimum Gasteiger partial charge on any atom is -0.511 e. The molecule has 0 aliphatic rings. The lowest BCUT2D eigenvalue weighted by atomic mass is 9.81. The highest BCUT2D eigenvalue weighted by Gasteiger charge is 2.42. The van der Waals surface area contributed by atoms with Gasteiger partial charge in [0.05, 0.1) is 6.61 Å². The van der Waals surface area contributed by atoms with E-state index in [9.17, 15) is 20.4 Å². The molecule has 0 atom stereocenters. The lowest BCUT2D eigenvalue weighted by Crippen LogP contribution is -2.33. The number of aliphatic hydroxyl groups excluding tert-OH is 4. The summed E-state index contributed by atoms with van der Waals surface area (Å²) in [5.41, 5.74) is -1.84. The Morgan fingerprint density at radius 1 is 0.778 bits per heavy atom. The van der Waals surface area contributed by atoms with Crippen LogP contribution < -0.4 is 0 Å². The van der Waals surface area contributed by atoms with Gasteiger partial charge < -0.3 is 20.4 Å².